The van der Waals surface area contributed by atoms with Gasteiger partial charge in [0.05, 0.1) is 7.11 Å². The second-order valence-electron chi connectivity index (χ2n) is 4.09. The molecule has 0 atom stereocenters. The second kappa shape index (κ2) is 4.86. The molecule has 0 saturated heterocycles. The topological polar surface area (TPSA) is 95.4 Å². The minimum atomic E-state index is -1.37. The van der Waals surface area contributed by atoms with E-state index in [-0.39, 0.29) is 6.42 Å². The summed E-state index contributed by atoms with van der Waals surface area (Å²) < 4.78 is 5.01. The summed E-state index contributed by atoms with van der Waals surface area (Å²) >= 11 is 0. The van der Waals surface area contributed by atoms with Crippen molar-refractivity contribution in [3.8, 4) is 5.75 Å². The Morgan fingerprint density at radius 2 is 1.65 bits per heavy atom. The number of benzene rings is 1. The molecule has 0 aliphatic rings. The van der Waals surface area contributed by atoms with Crippen molar-refractivity contribution in [3.63, 3.8) is 0 Å². The summed E-state index contributed by atoms with van der Waals surface area (Å²) in [6.07, 6.45) is 0.182. The van der Waals surface area contributed by atoms with Crippen molar-refractivity contribution in [1.82, 2.24) is 0 Å². The fourth-order valence-corrected chi connectivity index (χ4v) is 1.45. The minimum absolute atomic E-state index is 0.182. The third-order valence-electron chi connectivity index (χ3n) is 2.80. The highest BCUT2D eigenvalue weighted by Crippen LogP contribution is 2.23. The highest BCUT2D eigenvalue weighted by Gasteiger charge is 2.37. The smallest absolute Gasteiger partial charge is 0.233 e. The van der Waals surface area contributed by atoms with Gasteiger partial charge in [0.1, 0.15) is 11.2 Å². The van der Waals surface area contributed by atoms with Crippen LogP contribution in [0.2, 0.25) is 0 Å². The van der Waals surface area contributed by atoms with Crippen molar-refractivity contribution in [2.45, 2.75) is 13.3 Å². The zero-order valence-corrected chi connectivity index (χ0v) is 9.90. The molecule has 0 heterocycles. The van der Waals surface area contributed by atoms with Crippen molar-refractivity contribution in [2.75, 3.05) is 7.11 Å². The Morgan fingerprint density at radius 1 is 1.18 bits per heavy atom. The van der Waals surface area contributed by atoms with Gasteiger partial charge in [0.25, 0.3) is 0 Å². The van der Waals surface area contributed by atoms with E-state index in [9.17, 15) is 9.59 Å². The maximum absolute atomic E-state index is 11.3. The van der Waals surface area contributed by atoms with Gasteiger partial charge in [-0.3, -0.25) is 9.59 Å². The van der Waals surface area contributed by atoms with E-state index in [0.29, 0.717) is 5.75 Å². The Kier molecular flexibility index (Phi) is 3.73. The Balaban J connectivity index is 2.94. The van der Waals surface area contributed by atoms with Gasteiger partial charge in [-0.05, 0) is 31.0 Å². The molecule has 17 heavy (non-hydrogen) atoms. The SMILES string of the molecule is COc1ccc(CC(C)(C(N)=O)C(N)=O)cc1. The fourth-order valence-electron chi connectivity index (χ4n) is 1.45. The van der Waals surface area contributed by atoms with Crippen LogP contribution in [-0.2, 0) is 16.0 Å². The molecule has 1 rings (SSSR count). The molecule has 92 valence electrons. The van der Waals surface area contributed by atoms with E-state index in [4.69, 9.17) is 16.2 Å². The van der Waals surface area contributed by atoms with Crippen LogP contribution in [0.15, 0.2) is 24.3 Å². The van der Waals surface area contributed by atoms with E-state index < -0.39 is 17.2 Å². The molecule has 0 saturated carbocycles. The Morgan fingerprint density at radius 3 is 2.00 bits per heavy atom. The molecule has 0 aliphatic carbocycles. The summed E-state index contributed by atoms with van der Waals surface area (Å²) in [5, 5.41) is 0. The molecule has 0 unspecified atom stereocenters. The third-order valence-corrected chi connectivity index (χ3v) is 2.80. The number of nitrogens with two attached hydrogens (primary N) is 2. The summed E-state index contributed by atoms with van der Waals surface area (Å²) in [5.41, 5.74) is 9.85. The minimum Gasteiger partial charge on any atom is -0.497 e. The number of carbonyl (C=O) groups is 2. The molecule has 1 aromatic rings. The Hall–Kier alpha value is -2.04. The van der Waals surface area contributed by atoms with Crippen LogP contribution in [0.1, 0.15) is 12.5 Å². The van der Waals surface area contributed by atoms with Gasteiger partial charge in [0, 0.05) is 0 Å². The number of ether oxygens (including phenoxy) is 1. The molecule has 0 aliphatic heterocycles. The van der Waals surface area contributed by atoms with Crippen molar-refractivity contribution >= 4 is 11.8 Å². The molecule has 5 nitrogen and oxygen atoms in total. The van der Waals surface area contributed by atoms with Crippen LogP contribution in [0.4, 0.5) is 0 Å². The standard InChI is InChI=1S/C12H16N2O3/c1-12(10(13)15,11(14)16)7-8-3-5-9(17-2)6-4-8/h3-6H,7H2,1-2H3,(H2,13,15)(H2,14,16). The van der Waals surface area contributed by atoms with Gasteiger partial charge in [-0.1, -0.05) is 12.1 Å². The second-order valence-corrected chi connectivity index (χ2v) is 4.09. The van der Waals surface area contributed by atoms with Crippen molar-refractivity contribution in [3.05, 3.63) is 29.8 Å². The Bertz CT molecular complexity index is 412. The van der Waals surface area contributed by atoms with Gasteiger partial charge in [-0.15, -0.1) is 0 Å². The predicted octanol–water partition coefficient (Wildman–Crippen LogP) is 0.215. The van der Waals surface area contributed by atoms with Crippen LogP contribution in [-0.4, -0.2) is 18.9 Å². The largest absolute Gasteiger partial charge is 0.497 e. The van der Waals surface area contributed by atoms with Crippen molar-refractivity contribution < 1.29 is 14.3 Å². The number of primary amides is 2. The summed E-state index contributed by atoms with van der Waals surface area (Å²) in [6, 6.07) is 7.03. The summed E-state index contributed by atoms with van der Waals surface area (Å²) in [6.45, 7) is 1.45. The molecule has 0 radical (unpaired) electrons. The average molecular weight is 236 g/mol. The number of rotatable bonds is 5. The van der Waals surface area contributed by atoms with Crippen LogP contribution in [0.3, 0.4) is 0 Å². The first-order valence-electron chi connectivity index (χ1n) is 5.13. The predicted molar refractivity (Wildman–Crippen MR) is 63.2 cm³/mol. The molecule has 5 heteroatoms. The molecule has 2 amide bonds. The number of hydrogen-bond donors (Lipinski definition) is 2. The lowest BCUT2D eigenvalue weighted by atomic mass is 9.82. The van der Waals surface area contributed by atoms with E-state index in [1.165, 1.54) is 6.92 Å². The molecule has 0 spiro atoms. The summed E-state index contributed by atoms with van der Waals surface area (Å²) in [4.78, 5) is 22.6. The lowest BCUT2D eigenvalue weighted by molar-refractivity contribution is -0.138. The molecule has 0 bridgehead atoms. The van der Waals surface area contributed by atoms with Gasteiger partial charge >= 0.3 is 0 Å². The number of carbonyl (C=O) groups excluding carboxylic acids is 2. The van der Waals surface area contributed by atoms with E-state index >= 15 is 0 Å². The van der Waals surface area contributed by atoms with Crippen molar-refractivity contribution in [1.29, 1.82) is 0 Å². The molecular weight excluding hydrogens is 220 g/mol. The van der Waals surface area contributed by atoms with Crippen LogP contribution in [0.5, 0.6) is 5.75 Å². The van der Waals surface area contributed by atoms with Gasteiger partial charge < -0.3 is 16.2 Å². The van der Waals surface area contributed by atoms with E-state index in [0.717, 1.165) is 5.56 Å². The van der Waals surface area contributed by atoms with Crippen LogP contribution < -0.4 is 16.2 Å². The molecular formula is C12H16N2O3. The molecule has 4 N–H and O–H groups in total. The third kappa shape index (κ3) is 2.75. The van der Waals surface area contributed by atoms with E-state index in [1.807, 2.05) is 0 Å². The number of methoxy groups -OCH3 is 1. The fraction of sp³-hybridized carbons (Fsp3) is 0.333. The van der Waals surface area contributed by atoms with Crippen LogP contribution in [0.25, 0.3) is 0 Å². The normalized spacial score (nSPS) is 10.9. The zero-order chi connectivity index (χ0) is 13.1. The average Bonchev–Trinajstić information content (AvgIpc) is 2.29. The van der Waals surface area contributed by atoms with Crippen molar-refractivity contribution in [2.24, 2.45) is 16.9 Å². The van der Waals surface area contributed by atoms with E-state index in [1.54, 1.807) is 31.4 Å². The van der Waals surface area contributed by atoms with Gasteiger partial charge in [-0.25, -0.2) is 0 Å². The molecule has 1 aromatic carbocycles. The quantitative estimate of drug-likeness (QED) is 0.715. The maximum Gasteiger partial charge on any atom is 0.233 e. The first-order chi connectivity index (χ1) is 7.90. The molecule has 0 aromatic heterocycles. The molecule has 0 fully saturated rings. The zero-order valence-electron chi connectivity index (χ0n) is 9.90. The first-order valence-corrected chi connectivity index (χ1v) is 5.13. The lowest BCUT2D eigenvalue weighted by Crippen LogP contribution is -2.46. The Labute approximate surface area is 99.7 Å². The highest BCUT2D eigenvalue weighted by molar-refractivity contribution is 6.03. The number of amides is 2. The summed E-state index contributed by atoms with van der Waals surface area (Å²) in [5.74, 6) is -0.741. The number of hydrogen-bond acceptors (Lipinski definition) is 3. The first kappa shape index (κ1) is 13.0. The monoisotopic (exact) mass is 236 g/mol. The highest BCUT2D eigenvalue weighted by atomic mass is 16.5. The van der Waals surface area contributed by atoms with Gasteiger partial charge in [0.15, 0.2) is 0 Å². The van der Waals surface area contributed by atoms with Gasteiger partial charge in [0.2, 0.25) is 11.8 Å². The van der Waals surface area contributed by atoms with Gasteiger partial charge in [-0.2, -0.15) is 0 Å². The van der Waals surface area contributed by atoms with E-state index in [2.05, 4.69) is 0 Å². The summed E-state index contributed by atoms with van der Waals surface area (Å²) in [7, 11) is 1.56. The lowest BCUT2D eigenvalue weighted by Gasteiger charge is -2.22. The maximum atomic E-state index is 11.3. The van der Waals surface area contributed by atoms with Crippen LogP contribution in [0, 0.1) is 5.41 Å². The van der Waals surface area contributed by atoms with Crippen LogP contribution >= 0.6 is 0 Å².